The van der Waals surface area contributed by atoms with Crippen LogP contribution in [0.1, 0.15) is 54.6 Å². The highest BCUT2D eigenvalue weighted by molar-refractivity contribution is 5.97. The molecule has 300 valence electrons. The number of carbonyl (C=O) groups excluding carboxylic acids is 2. The number of ether oxygens (including phenoxy) is 3. The van der Waals surface area contributed by atoms with Gasteiger partial charge in [0.2, 0.25) is 5.60 Å². The maximum Gasteiger partial charge on any atom is 0.417 e. The number of amides is 2. The third-order valence-electron chi connectivity index (χ3n) is 10.3. The number of halogens is 6. The highest BCUT2D eigenvalue weighted by Crippen LogP contribution is 2.41. The first-order valence-electron chi connectivity index (χ1n) is 18.4. The van der Waals surface area contributed by atoms with Crippen molar-refractivity contribution in [2.45, 2.75) is 57.1 Å². The number of piperidine rings is 1. The summed E-state index contributed by atoms with van der Waals surface area (Å²) in [7, 11) is 1.58. The number of rotatable bonds is 14. The molecule has 2 aromatic carbocycles. The second-order valence-corrected chi connectivity index (χ2v) is 13.5. The van der Waals surface area contributed by atoms with Crippen molar-refractivity contribution in [3.8, 4) is 11.5 Å². The van der Waals surface area contributed by atoms with Gasteiger partial charge in [-0.25, -0.2) is 0 Å². The van der Waals surface area contributed by atoms with Gasteiger partial charge in [-0.05, 0) is 68.4 Å². The van der Waals surface area contributed by atoms with Gasteiger partial charge < -0.3 is 33.8 Å². The van der Waals surface area contributed by atoms with E-state index in [4.69, 9.17) is 14.2 Å². The summed E-state index contributed by atoms with van der Waals surface area (Å²) >= 11 is 0. The molecule has 1 aromatic heterocycles. The maximum atomic E-state index is 15.1. The van der Waals surface area contributed by atoms with Gasteiger partial charge >= 0.3 is 12.4 Å². The molecule has 0 N–H and O–H groups in total. The van der Waals surface area contributed by atoms with Crippen molar-refractivity contribution >= 4 is 17.5 Å². The molecule has 2 amide bonds. The minimum absolute atomic E-state index is 0.0208. The van der Waals surface area contributed by atoms with E-state index in [1.807, 2.05) is 38.1 Å². The molecule has 0 radical (unpaired) electrons. The van der Waals surface area contributed by atoms with Gasteiger partial charge in [0, 0.05) is 65.2 Å². The van der Waals surface area contributed by atoms with Crippen molar-refractivity contribution in [3.05, 3.63) is 83.7 Å². The third kappa shape index (κ3) is 9.63. The molecule has 16 heteroatoms. The van der Waals surface area contributed by atoms with Crippen LogP contribution < -0.4 is 14.4 Å². The lowest BCUT2D eigenvalue weighted by molar-refractivity contribution is -0.160. The molecule has 0 unspecified atom stereocenters. The molecule has 55 heavy (non-hydrogen) atoms. The molecular weight excluding hydrogens is 732 g/mol. The summed E-state index contributed by atoms with van der Waals surface area (Å²) in [5.74, 6) is -0.858. The molecule has 0 spiro atoms. The van der Waals surface area contributed by atoms with E-state index in [0.29, 0.717) is 51.7 Å². The number of methoxy groups -OCH3 is 1. The number of carbonyl (C=O) groups is 2. The second-order valence-electron chi connectivity index (χ2n) is 13.5. The number of pyridine rings is 1. The molecule has 10 nitrogen and oxygen atoms in total. The minimum Gasteiger partial charge on any atom is -0.489 e. The average Bonchev–Trinajstić information content (AvgIpc) is 3.18. The lowest BCUT2D eigenvalue weighted by Crippen LogP contribution is -2.69. The van der Waals surface area contributed by atoms with Gasteiger partial charge in [0.15, 0.2) is 0 Å². The Labute approximate surface area is 316 Å². The Kier molecular flexibility index (Phi) is 13.6. The summed E-state index contributed by atoms with van der Waals surface area (Å²) in [5, 5.41) is 0. The smallest absolute Gasteiger partial charge is 0.417 e. The second kappa shape index (κ2) is 17.9. The number of hydrogen-bond donors (Lipinski definition) is 0. The Morgan fingerprint density at radius 3 is 2.22 bits per heavy atom. The van der Waals surface area contributed by atoms with Gasteiger partial charge in [0.1, 0.15) is 18.1 Å². The lowest BCUT2D eigenvalue weighted by atomic mass is 9.80. The van der Waals surface area contributed by atoms with Crippen molar-refractivity contribution in [1.82, 2.24) is 19.7 Å². The Balaban J connectivity index is 1.54. The van der Waals surface area contributed by atoms with Crippen LogP contribution in [0, 0.1) is 0 Å². The first-order valence-corrected chi connectivity index (χ1v) is 18.4. The first-order chi connectivity index (χ1) is 26.2. The van der Waals surface area contributed by atoms with Crippen LogP contribution >= 0.6 is 0 Å². The monoisotopic (exact) mass is 779 g/mol. The van der Waals surface area contributed by atoms with Gasteiger partial charge in [-0.3, -0.25) is 14.6 Å². The van der Waals surface area contributed by atoms with Crippen LogP contribution in [0.3, 0.4) is 0 Å². The fourth-order valence-electron chi connectivity index (χ4n) is 7.36. The number of hydrogen-bond acceptors (Lipinski definition) is 8. The Morgan fingerprint density at radius 2 is 1.58 bits per heavy atom. The van der Waals surface area contributed by atoms with Crippen molar-refractivity contribution in [1.29, 1.82) is 0 Å². The molecule has 2 atom stereocenters. The van der Waals surface area contributed by atoms with Crippen LogP contribution in [-0.2, 0) is 21.9 Å². The number of anilines is 1. The molecule has 0 bridgehead atoms. The number of nitrogens with zero attached hydrogens (tertiary/aromatic N) is 5. The van der Waals surface area contributed by atoms with E-state index in [1.165, 1.54) is 4.90 Å². The van der Waals surface area contributed by atoms with Crippen molar-refractivity contribution < 1.29 is 50.1 Å². The van der Waals surface area contributed by atoms with Crippen molar-refractivity contribution in [2.24, 2.45) is 0 Å². The summed E-state index contributed by atoms with van der Waals surface area (Å²) in [6, 6.07) is 11.1. The topological polar surface area (TPSA) is 87.7 Å². The number of likely N-dealkylation sites (tertiary alicyclic amines) is 1. The third-order valence-corrected chi connectivity index (χ3v) is 10.3. The van der Waals surface area contributed by atoms with E-state index >= 15 is 4.79 Å². The maximum absolute atomic E-state index is 15.1. The predicted octanol–water partition coefficient (Wildman–Crippen LogP) is 6.65. The Hall–Kier alpha value is -4.57. The van der Waals surface area contributed by atoms with Crippen LogP contribution in [0.5, 0.6) is 11.5 Å². The highest BCUT2D eigenvalue weighted by atomic mass is 19.4. The summed E-state index contributed by atoms with van der Waals surface area (Å²) in [6.07, 6.45) is -7.29. The minimum atomic E-state index is -4.86. The van der Waals surface area contributed by atoms with E-state index in [2.05, 4.69) is 14.8 Å². The molecule has 0 aliphatic carbocycles. The number of alkyl halides is 6. The van der Waals surface area contributed by atoms with Crippen LogP contribution in [0.4, 0.5) is 32.0 Å². The number of piperazine rings is 1. The highest BCUT2D eigenvalue weighted by Gasteiger charge is 2.56. The molecular formula is C39H47F6N5O5. The number of aromatic nitrogens is 1. The SMILES string of the molecule is CCN(CC)CC[C@H]1N(C(=O)c2cnccc2C(F)(F)F)CCC[C@@]1(Oc1ccc(C(F)(F)F)cc1)C(=O)N1CCN(c2ccccc2OCCOC)CC1. The molecule has 2 fully saturated rings. The summed E-state index contributed by atoms with van der Waals surface area (Å²) < 4.78 is 101. The normalized spacial score (nSPS) is 19.5. The average molecular weight is 780 g/mol. The zero-order chi connectivity index (χ0) is 39.8. The van der Waals surface area contributed by atoms with E-state index < -0.39 is 52.5 Å². The van der Waals surface area contributed by atoms with Gasteiger partial charge in [-0.2, -0.15) is 26.3 Å². The molecule has 3 heterocycles. The molecule has 0 saturated carbocycles. The predicted molar refractivity (Wildman–Crippen MR) is 193 cm³/mol. The Morgan fingerprint density at radius 1 is 0.891 bits per heavy atom. The van der Waals surface area contributed by atoms with Gasteiger partial charge in [0.05, 0.1) is 35.0 Å². The summed E-state index contributed by atoms with van der Waals surface area (Å²) in [4.78, 5) is 40.3. The molecule has 2 aliphatic rings. The van der Waals surface area contributed by atoms with E-state index in [-0.39, 0.29) is 44.6 Å². The quantitative estimate of drug-likeness (QED) is 0.133. The Bertz CT molecular complexity index is 1730. The largest absolute Gasteiger partial charge is 0.489 e. The fourth-order valence-corrected chi connectivity index (χ4v) is 7.36. The van der Waals surface area contributed by atoms with Gasteiger partial charge in [-0.15, -0.1) is 0 Å². The fraction of sp³-hybridized carbons (Fsp3) is 0.513. The molecule has 3 aromatic rings. The van der Waals surface area contributed by atoms with Crippen molar-refractivity contribution in [3.63, 3.8) is 0 Å². The first kappa shape index (κ1) is 41.6. The number of benzene rings is 2. The van der Waals surface area contributed by atoms with Crippen LogP contribution in [-0.4, -0.2) is 116 Å². The number of para-hydroxylation sites is 2. The van der Waals surface area contributed by atoms with Crippen LogP contribution in [0.15, 0.2) is 67.0 Å². The summed E-state index contributed by atoms with van der Waals surface area (Å²) in [6.45, 7) is 7.47. The summed E-state index contributed by atoms with van der Waals surface area (Å²) in [5.41, 5.74) is -3.78. The van der Waals surface area contributed by atoms with Crippen LogP contribution in [0.25, 0.3) is 0 Å². The zero-order valence-corrected chi connectivity index (χ0v) is 31.2. The van der Waals surface area contributed by atoms with Gasteiger partial charge in [0.25, 0.3) is 11.8 Å². The standard InChI is InChI=1S/C39H47F6N5O5/c1-4-47(5-2)20-16-34-37(55-29-13-11-28(12-14-29)38(40,41)42,17-8-19-50(34)35(51)30-27-46-18-15-31(30)39(43,44)45)36(52)49-23-21-48(22-24-49)32-9-6-7-10-33(32)54-26-25-53-3/h6-7,9-15,18,27,34H,4-5,8,16-17,19-26H2,1-3H3/t34-,37+/m1/s1. The van der Waals surface area contributed by atoms with E-state index in [1.54, 1.807) is 12.0 Å². The van der Waals surface area contributed by atoms with E-state index in [0.717, 1.165) is 48.4 Å². The van der Waals surface area contributed by atoms with Gasteiger partial charge in [-0.1, -0.05) is 26.0 Å². The molecule has 2 aliphatic heterocycles. The zero-order valence-electron chi connectivity index (χ0n) is 31.2. The van der Waals surface area contributed by atoms with Crippen LogP contribution in [0.2, 0.25) is 0 Å². The molecule has 2 saturated heterocycles. The molecule has 5 rings (SSSR count). The lowest BCUT2D eigenvalue weighted by Gasteiger charge is -2.51. The van der Waals surface area contributed by atoms with E-state index in [9.17, 15) is 31.1 Å². The van der Waals surface area contributed by atoms with Crippen molar-refractivity contribution in [2.75, 3.05) is 77.6 Å².